The number of hydrogen-bond acceptors (Lipinski definition) is 2. The van der Waals surface area contributed by atoms with Crippen molar-refractivity contribution in [2.75, 3.05) is 13.1 Å². The van der Waals surface area contributed by atoms with Crippen molar-refractivity contribution in [2.24, 2.45) is 11.7 Å². The molecule has 3 N–H and O–H groups in total. The van der Waals surface area contributed by atoms with Crippen LogP contribution >= 0.6 is 0 Å². The molecule has 0 aromatic rings. The van der Waals surface area contributed by atoms with Crippen molar-refractivity contribution in [2.45, 2.75) is 26.2 Å². The molecule has 4 heteroatoms. The molecule has 1 amide bonds. The molecule has 1 saturated heterocycles. The van der Waals surface area contributed by atoms with Gasteiger partial charge in [-0.3, -0.25) is 10.2 Å². The fourth-order valence-electron chi connectivity index (χ4n) is 1.76. The van der Waals surface area contributed by atoms with Gasteiger partial charge in [0.2, 0.25) is 5.91 Å². The smallest absolute Gasteiger partial charge is 0.219 e. The van der Waals surface area contributed by atoms with Crippen molar-refractivity contribution in [1.29, 1.82) is 5.41 Å². The molecule has 0 spiro atoms. The van der Waals surface area contributed by atoms with E-state index in [2.05, 4.69) is 0 Å². The summed E-state index contributed by atoms with van der Waals surface area (Å²) < 4.78 is 0. The highest BCUT2D eigenvalue weighted by molar-refractivity contribution is 5.77. The summed E-state index contributed by atoms with van der Waals surface area (Å²) in [5.74, 6) is 0.927. The molecule has 13 heavy (non-hydrogen) atoms. The maximum Gasteiger partial charge on any atom is 0.219 e. The van der Waals surface area contributed by atoms with Gasteiger partial charge in [-0.25, -0.2) is 0 Å². The van der Waals surface area contributed by atoms with Crippen LogP contribution in [0.5, 0.6) is 0 Å². The number of amidine groups is 1. The minimum atomic E-state index is 0.154. The van der Waals surface area contributed by atoms with E-state index < -0.39 is 0 Å². The monoisotopic (exact) mass is 183 g/mol. The minimum Gasteiger partial charge on any atom is -0.388 e. The maximum absolute atomic E-state index is 11.0. The molecule has 1 fully saturated rings. The van der Waals surface area contributed by atoms with Crippen LogP contribution in [0.3, 0.4) is 0 Å². The van der Waals surface area contributed by atoms with E-state index >= 15 is 0 Å². The number of hydrogen-bond donors (Lipinski definition) is 2. The Morgan fingerprint density at radius 1 is 1.54 bits per heavy atom. The Bertz CT molecular complexity index is 207. The van der Waals surface area contributed by atoms with Gasteiger partial charge in [0.1, 0.15) is 0 Å². The van der Waals surface area contributed by atoms with E-state index in [4.69, 9.17) is 11.1 Å². The van der Waals surface area contributed by atoms with E-state index in [1.807, 2.05) is 4.90 Å². The largest absolute Gasteiger partial charge is 0.388 e. The number of amides is 1. The topological polar surface area (TPSA) is 70.2 Å². The fourth-order valence-corrected chi connectivity index (χ4v) is 1.76. The first-order chi connectivity index (χ1) is 6.09. The molecule has 1 aliphatic rings. The maximum atomic E-state index is 11.0. The lowest BCUT2D eigenvalue weighted by Crippen LogP contribution is -2.37. The molecule has 0 atom stereocenters. The van der Waals surface area contributed by atoms with Gasteiger partial charge in [0.05, 0.1) is 5.84 Å². The minimum absolute atomic E-state index is 0.154. The van der Waals surface area contributed by atoms with Gasteiger partial charge in [-0.15, -0.1) is 0 Å². The molecule has 0 radical (unpaired) electrons. The molecule has 0 aromatic carbocycles. The molecule has 1 rings (SSSR count). The zero-order valence-corrected chi connectivity index (χ0v) is 8.05. The standard InChI is InChI=1S/C9H17N3O/c1-7(13)12-4-2-8(3-5-12)6-9(10)11/h8H,2-6H2,1H3,(H3,10,11). The zero-order chi connectivity index (χ0) is 9.84. The lowest BCUT2D eigenvalue weighted by Gasteiger charge is -2.30. The van der Waals surface area contributed by atoms with Crippen molar-refractivity contribution < 1.29 is 4.79 Å². The fraction of sp³-hybridized carbons (Fsp3) is 0.778. The average molecular weight is 183 g/mol. The van der Waals surface area contributed by atoms with E-state index in [1.165, 1.54) is 0 Å². The van der Waals surface area contributed by atoms with Gasteiger partial charge < -0.3 is 10.6 Å². The first kappa shape index (κ1) is 10.0. The van der Waals surface area contributed by atoms with Gasteiger partial charge in [0, 0.05) is 26.4 Å². The molecule has 4 nitrogen and oxygen atoms in total. The summed E-state index contributed by atoms with van der Waals surface area (Å²) in [6.07, 6.45) is 2.66. The molecular formula is C9H17N3O. The summed E-state index contributed by atoms with van der Waals surface area (Å²) in [7, 11) is 0. The summed E-state index contributed by atoms with van der Waals surface area (Å²) in [4.78, 5) is 12.8. The number of rotatable bonds is 2. The number of carbonyl (C=O) groups is 1. The molecule has 1 aliphatic heterocycles. The summed E-state index contributed by atoms with van der Waals surface area (Å²) in [6, 6.07) is 0. The van der Waals surface area contributed by atoms with Crippen LogP contribution in [-0.2, 0) is 4.79 Å². The lowest BCUT2D eigenvalue weighted by atomic mass is 9.93. The molecule has 0 saturated carbocycles. The molecule has 0 aliphatic carbocycles. The quantitative estimate of drug-likeness (QED) is 0.485. The Hall–Kier alpha value is -1.06. The number of piperidine rings is 1. The molecular weight excluding hydrogens is 166 g/mol. The van der Waals surface area contributed by atoms with E-state index in [-0.39, 0.29) is 11.7 Å². The predicted molar refractivity (Wildman–Crippen MR) is 51.5 cm³/mol. The average Bonchev–Trinajstić information content (AvgIpc) is 2.04. The van der Waals surface area contributed by atoms with Crippen LogP contribution in [0.25, 0.3) is 0 Å². The van der Waals surface area contributed by atoms with Gasteiger partial charge in [0.25, 0.3) is 0 Å². The van der Waals surface area contributed by atoms with Crippen LogP contribution in [0, 0.1) is 11.3 Å². The molecule has 0 unspecified atom stereocenters. The SMILES string of the molecule is CC(=O)N1CCC(CC(=N)N)CC1. The van der Waals surface area contributed by atoms with Crippen LogP contribution in [0.1, 0.15) is 26.2 Å². The Labute approximate surface area is 78.6 Å². The molecule has 1 heterocycles. The Kier molecular flexibility index (Phi) is 3.28. The summed E-state index contributed by atoms with van der Waals surface area (Å²) in [5, 5.41) is 7.16. The van der Waals surface area contributed by atoms with Crippen LogP contribution in [0.15, 0.2) is 0 Å². The van der Waals surface area contributed by atoms with E-state index in [9.17, 15) is 4.79 Å². The highest BCUT2D eigenvalue weighted by Gasteiger charge is 2.20. The van der Waals surface area contributed by atoms with Crippen LogP contribution in [-0.4, -0.2) is 29.7 Å². The molecule has 0 aromatic heterocycles. The van der Waals surface area contributed by atoms with Gasteiger partial charge in [-0.1, -0.05) is 0 Å². The second-order valence-electron chi connectivity index (χ2n) is 3.68. The first-order valence-corrected chi connectivity index (χ1v) is 4.68. The van der Waals surface area contributed by atoms with Crippen molar-refractivity contribution in [3.63, 3.8) is 0 Å². The Morgan fingerprint density at radius 3 is 2.46 bits per heavy atom. The second-order valence-corrected chi connectivity index (χ2v) is 3.68. The van der Waals surface area contributed by atoms with Crippen LogP contribution in [0.2, 0.25) is 0 Å². The number of nitrogens with zero attached hydrogens (tertiary/aromatic N) is 1. The van der Waals surface area contributed by atoms with Gasteiger partial charge in [-0.05, 0) is 18.8 Å². The normalized spacial score (nSPS) is 18.7. The third kappa shape index (κ3) is 3.05. The summed E-state index contributed by atoms with van der Waals surface area (Å²) in [6.45, 7) is 3.26. The van der Waals surface area contributed by atoms with Gasteiger partial charge >= 0.3 is 0 Å². The third-order valence-corrected chi connectivity index (χ3v) is 2.57. The van der Waals surface area contributed by atoms with Crippen LogP contribution < -0.4 is 5.73 Å². The van der Waals surface area contributed by atoms with E-state index in [0.29, 0.717) is 12.3 Å². The number of carbonyl (C=O) groups excluding carboxylic acids is 1. The summed E-state index contributed by atoms with van der Waals surface area (Å²) in [5.41, 5.74) is 5.32. The van der Waals surface area contributed by atoms with Crippen molar-refractivity contribution in [1.82, 2.24) is 4.90 Å². The second kappa shape index (κ2) is 4.25. The summed E-state index contributed by atoms with van der Waals surface area (Å²) >= 11 is 0. The Morgan fingerprint density at radius 2 is 2.08 bits per heavy atom. The lowest BCUT2D eigenvalue weighted by molar-refractivity contribution is -0.130. The van der Waals surface area contributed by atoms with Crippen molar-refractivity contribution >= 4 is 11.7 Å². The zero-order valence-electron chi connectivity index (χ0n) is 8.05. The number of nitrogens with two attached hydrogens (primary N) is 1. The Balaban J connectivity index is 2.30. The van der Waals surface area contributed by atoms with E-state index in [0.717, 1.165) is 25.9 Å². The number of likely N-dealkylation sites (tertiary alicyclic amines) is 1. The van der Waals surface area contributed by atoms with Crippen molar-refractivity contribution in [3.8, 4) is 0 Å². The third-order valence-electron chi connectivity index (χ3n) is 2.57. The van der Waals surface area contributed by atoms with E-state index in [1.54, 1.807) is 6.92 Å². The number of nitrogens with one attached hydrogen (secondary N) is 1. The van der Waals surface area contributed by atoms with Gasteiger partial charge in [0.15, 0.2) is 0 Å². The van der Waals surface area contributed by atoms with Crippen LogP contribution in [0.4, 0.5) is 0 Å². The highest BCUT2D eigenvalue weighted by Crippen LogP contribution is 2.19. The highest BCUT2D eigenvalue weighted by atomic mass is 16.2. The molecule has 0 bridgehead atoms. The van der Waals surface area contributed by atoms with Gasteiger partial charge in [-0.2, -0.15) is 0 Å². The first-order valence-electron chi connectivity index (χ1n) is 4.68. The predicted octanol–water partition coefficient (Wildman–Crippen LogP) is 0.571. The van der Waals surface area contributed by atoms with Crippen molar-refractivity contribution in [3.05, 3.63) is 0 Å². The molecule has 74 valence electrons.